The Bertz CT molecular complexity index is 2450. The maximum atomic E-state index is 14.5. The summed E-state index contributed by atoms with van der Waals surface area (Å²) in [7, 11) is 0. The van der Waals surface area contributed by atoms with Gasteiger partial charge in [0.25, 0.3) is 11.8 Å². The Kier molecular flexibility index (Phi) is 14.3. The van der Waals surface area contributed by atoms with Crippen LogP contribution in [0.15, 0.2) is 155 Å². The smallest absolute Gasteiger partial charge is 0.355 e. The van der Waals surface area contributed by atoms with E-state index < -0.39 is 40.8 Å². The lowest BCUT2D eigenvalue weighted by atomic mass is 9.80. The maximum absolute atomic E-state index is 14.5. The quantitative estimate of drug-likeness (QED) is 0.0240. The standard InChI is InChI=1S/C48H46N6O7S2/c1-4-33(45(57)59-26-24-31(2)3)28-60-46(58)41-34(23-22-32-15-14-25-50-27-32)29-62-44-40(43(56)54(41)44)52-42(55)39(38-30-63-47(49)51-38)53-61-48(35-16-8-5-9-17-35,36-18-10-6-11-19-36)37-20-12-7-13-21-37/h4-23,25,27,30-31,40,44H,24,26,28-29H2,1-3H3,(H2,49,51)(H,52,55)/b23-22-,33-4+,53-39+/t40-,44-/m1/s1. The van der Waals surface area contributed by atoms with Gasteiger partial charge in [-0.1, -0.05) is 134 Å². The lowest BCUT2D eigenvalue weighted by Gasteiger charge is -2.49. The minimum Gasteiger partial charge on any atom is -0.462 e. The van der Waals surface area contributed by atoms with Crippen molar-refractivity contribution in [3.05, 3.63) is 178 Å². The molecule has 15 heteroatoms. The molecule has 5 aromatic rings. The van der Waals surface area contributed by atoms with Gasteiger partial charge < -0.3 is 25.4 Å². The number of esters is 2. The minimum atomic E-state index is -1.32. The number of aromatic nitrogens is 2. The zero-order chi connectivity index (χ0) is 44.3. The van der Waals surface area contributed by atoms with Crippen LogP contribution in [0.4, 0.5) is 5.13 Å². The zero-order valence-corrected chi connectivity index (χ0v) is 36.5. The average Bonchev–Trinajstić information content (AvgIpc) is 3.75. The van der Waals surface area contributed by atoms with Crippen molar-refractivity contribution in [1.29, 1.82) is 0 Å². The second-order valence-electron chi connectivity index (χ2n) is 14.9. The molecule has 2 amide bonds. The molecule has 13 nitrogen and oxygen atoms in total. The first-order valence-electron chi connectivity index (χ1n) is 20.3. The molecule has 2 aliphatic rings. The molecule has 0 unspecified atom stereocenters. The summed E-state index contributed by atoms with van der Waals surface area (Å²) in [6.45, 7) is 5.56. The molecule has 7 rings (SSSR count). The van der Waals surface area contributed by atoms with Crippen molar-refractivity contribution in [3.63, 3.8) is 0 Å². The highest BCUT2D eigenvalue weighted by atomic mass is 32.2. The Morgan fingerprint density at radius 1 is 0.937 bits per heavy atom. The van der Waals surface area contributed by atoms with Gasteiger partial charge in [0.05, 0.1) is 12.2 Å². The van der Waals surface area contributed by atoms with Crippen LogP contribution in [-0.4, -0.2) is 74.7 Å². The average molecular weight is 883 g/mol. The highest BCUT2D eigenvalue weighted by molar-refractivity contribution is 8.00. The number of nitrogens with two attached hydrogens (primary N) is 1. The first-order chi connectivity index (χ1) is 30.6. The van der Waals surface area contributed by atoms with Gasteiger partial charge in [-0.3, -0.25) is 19.5 Å². The van der Waals surface area contributed by atoms with Gasteiger partial charge in [0.2, 0.25) is 5.60 Å². The van der Waals surface area contributed by atoms with Crippen molar-refractivity contribution in [3.8, 4) is 0 Å². The Morgan fingerprint density at radius 2 is 1.59 bits per heavy atom. The second kappa shape index (κ2) is 20.4. The van der Waals surface area contributed by atoms with E-state index in [9.17, 15) is 19.2 Å². The van der Waals surface area contributed by atoms with Crippen molar-refractivity contribution in [2.45, 2.75) is 44.2 Å². The zero-order valence-electron chi connectivity index (χ0n) is 34.9. The van der Waals surface area contributed by atoms with Gasteiger partial charge in [0.15, 0.2) is 10.8 Å². The van der Waals surface area contributed by atoms with Crippen LogP contribution in [0.25, 0.3) is 6.08 Å². The van der Waals surface area contributed by atoms with Crippen LogP contribution in [0.2, 0.25) is 0 Å². The number of pyridine rings is 1. The molecular formula is C48H46N6O7S2. The summed E-state index contributed by atoms with van der Waals surface area (Å²) in [5.74, 6) is -2.07. The van der Waals surface area contributed by atoms with E-state index >= 15 is 0 Å². The molecule has 0 saturated carbocycles. The lowest BCUT2D eigenvalue weighted by molar-refractivity contribution is -0.152. The molecule has 322 valence electrons. The van der Waals surface area contributed by atoms with Crippen molar-refractivity contribution < 1.29 is 33.5 Å². The van der Waals surface area contributed by atoms with E-state index in [0.29, 0.717) is 17.9 Å². The molecule has 0 bridgehead atoms. The molecule has 63 heavy (non-hydrogen) atoms. The van der Waals surface area contributed by atoms with Gasteiger partial charge in [-0.15, -0.1) is 23.1 Å². The van der Waals surface area contributed by atoms with Gasteiger partial charge in [0.1, 0.15) is 29.4 Å². The molecule has 3 aromatic carbocycles. The summed E-state index contributed by atoms with van der Waals surface area (Å²) in [5, 5.41) is 8.52. The number of hydrogen-bond acceptors (Lipinski definition) is 13. The number of carbonyl (C=O) groups excluding carboxylic acids is 4. The van der Waals surface area contributed by atoms with Crippen molar-refractivity contribution in [2.75, 3.05) is 24.7 Å². The largest absolute Gasteiger partial charge is 0.462 e. The fourth-order valence-electron chi connectivity index (χ4n) is 6.98. The third kappa shape index (κ3) is 9.95. The number of nitrogen functional groups attached to an aromatic ring is 1. The molecule has 0 radical (unpaired) electrons. The Labute approximate surface area is 373 Å². The number of rotatable bonds is 17. The lowest BCUT2D eigenvalue weighted by Crippen LogP contribution is -2.71. The molecule has 1 saturated heterocycles. The van der Waals surface area contributed by atoms with E-state index in [0.717, 1.165) is 33.6 Å². The fraction of sp³-hybridized carbons (Fsp3) is 0.229. The highest BCUT2D eigenvalue weighted by Gasteiger charge is 2.54. The SMILES string of the molecule is C/C=C(\COC(=O)C1=C(/C=C\c2cccnc2)CS[C@@H]2[C@H](NC(=O)/C(=N/OC(c3ccccc3)(c3ccccc3)c3ccccc3)c3csc(N)n3)C(=O)N12)C(=O)OCCC(C)C. The molecule has 0 aliphatic carbocycles. The number of nitrogens with one attached hydrogen (secondary N) is 1. The summed E-state index contributed by atoms with van der Waals surface area (Å²) in [6, 6.07) is 31.2. The van der Waals surface area contributed by atoms with E-state index in [1.165, 1.54) is 22.7 Å². The van der Waals surface area contributed by atoms with Gasteiger partial charge in [-0.05, 0) is 36.5 Å². The molecular weight excluding hydrogens is 837 g/mol. The Morgan fingerprint density at radius 3 is 2.14 bits per heavy atom. The number of benzene rings is 3. The number of thiazole rings is 1. The number of nitrogens with zero attached hydrogens (tertiary/aromatic N) is 4. The van der Waals surface area contributed by atoms with Crippen LogP contribution in [0.1, 0.15) is 55.1 Å². The maximum Gasteiger partial charge on any atom is 0.355 e. The van der Waals surface area contributed by atoms with Crippen LogP contribution in [-0.2, 0) is 39.1 Å². The first kappa shape index (κ1) is 44.2. The predicted molar refractivity (Wildman–Crippen MR) is 244 cm³/mol. The van der Waals surface area contributed by atoms with Crippen molar-refractivity contribution in [1.82, 2.24) is 20.2 Å². The van der Waals surface area contributed by atoms with E-state index in [1.807, 2.05) is 111 Å². The topological polar surface area (TPSA) is 175 Å². The van der Waals surface area contributed by atoms with Gasteiger partial charge >= 0.3 is 11.9 Å². The molecule has 1 fully saturated rings. The predicted octanol–water partition coefficient (Wildman–Crippen LogP) is 7.28. The molecule has 4 heterocycles. The minimum absolute atomic E-state index is 0.000818. The summed E-state index contributed by atoms with van der Waals surface area (Å²) < 4.78 is 11.1. The van der Waals surface area contributed by atoms with E-state index in [1.54, 1.807) is 42.9 Å². The number of allylic oxidation sites excluding steroid dienone is 2. The second-order valence-corrected chi connectivity index (χ2v) is 16.9. The molecule has 0 spiro atoms. The monoisotopic (exact) mass is 882 g/mol. The molecule has 2 aromatic heterocycles. The van der Waals surface area contributed by atoms with E-state index in [4.69, 9.17) is 20.0 Å². The van der Waals surface area contributed by atoms with Crippen LogP contribution < -0.4 is 11.1 Å². The first-order valence-corrected chi connectivity index (χ1v) is 22.2. The normalized spacial score (nSPS) is 16.7. The third-order valence-electron chi connectivity index (χ3n) is 10.3. The van der Waals surface area contributed by atoms with Gasteiger partial charge in [0, 0.05) is 40.2 Å². The number of ether oxygens (including phenoxy) is 2. The van der Waals surface area contributed by atoms with E-state index in [2.05, 4.69) is 20.4 Å². The fourth-order valence-corrected chi connectivity index (χ4v) is 8.85. The van der Waals surface area contributed by atoms with Crippen LogP contribution >= 0.6 is 23.1 Å². The van der Waals surface area contributed by atoms with E-state index in [-0.39, 0.29) is 46.8 Å². The van der Waals surface area contributed by atoms with Crippen LogP contribution in [0, 0.1) is 5.92 Å². The Balaban J connectivity index is 1.18. The summed E-state index contributed by atoms with van der Waals surface area (Å²) >= 11 is 2.49. The number of amides is 2. The number of carbonyl (C=O) groups is 4. The summed E-state index contributed by atoms with van der Waals surface area (Å²) in [4.78, 5) is 72.0. The Hall–Kier alpha value is -6.84. The number of anilines is 1. The van der Waals surface area contributed by atoms with Crippen molar-refractivity contribution >= 4 is 63.8 Å². The van der Waals surface area contributed by atoms with Crippen LogP contribution in [0.5, 0.6) is 0 Å². The number of thioether (sulfide) groups is 1. The number of β-lactam (4-membered cyclic amide) rings is 1. The summed E-state index contributed by atoms with van der Waals surface area (Å²) in [5.41, 5.74) is 8.37. The summed E-state index contributed by atoms with van der Waals surface area (Å²) in [6.07, 6.45) is 9.05. The highest BCUT2D eigenvalue weighted by Crippen LogP contribution is 2.43. The van der Waals surface area contributed by atoms with Gasteiger partial charge in [-0.2, -0.15) is 0 Å². The van der Waals surface area contributed by atoms with Crippen LogP contribution in [0.3, 0.4) is 0 Å². The van der Waals surface area contributed by atoms with Gasteiger partial charge in [-0.25, -0.2) is 14.6 Å². The van der Waals surface area contributed by atoms with Crippen molar-refractivity contribution in [2.24, 2.45) is 11.1 Å². The molecule has 2 aliphatic heterocycles. The molecule has 2 atom stereocenters. The number of fused-ring (bicyclic) bond motifs is 1. The third-order valence-corrected chi connectivity index (χ3v) is 12.3. The number of oxime groups is 1. The molecule has 3 N–H and O–H groups in total. The number of hydrogen-bond donors (Lipinski definition) is 2.